The summed E-state index contributed by atoms with van der Waals surface area (Å²) in [6, 6.07) is 0.563. The van der Waals surface area contributed by atoms with Gasteiger partial charge in [0.2, 0.25) is 5.91 Å². The average molecular weight is 238 g/mol. The predicted molar refractivity (Wildman–Crippen MR) is 69.5 cm³/mol. The van der Waals surface area contributed by atoms with E-state index in [-0.39, 0.29) is 12.0 Å². The van der Waals surface area contributed by atoms with Crippen molar-refractivity contribution in [2.75, 3.05) is 6.54 Å². The Kier molecular flexibility index (Phi) is 4.08. The van der Waals surface area contributed by atoms with Gasteiger partial charge in [-0.1, -0.05) is 20.3 Å². The molecule has 1 heterocycles. The summed E-state index contributed by atoms with van der Waals surface area (Å²) >= 11 is 0. The first kappa shape index (κ1) is 12.9. The summed E-state index contributed by atoms with van der Waals surface area (Å²) in [5, 5.41) is 0. The van der Waals surface area contributed by atoms with Gasteiger partial charge in [0.25, 0.3) is 0 Å². The third-order valence-corrected chi connectivity index (χ3v) is 4.69. The fourth-order valence-electron chi connectivity index (χ4n) is 3.62. The van der Waals surface area contributed by atoms with Gasteiger partial charge in [-0.25, -0.2) is 0 Å². The zero-order chi connectivity index (χ0) is 12.4. The van der Waals surface area contributed by atoms with Crippen LogP contribution in [0.3, 0.4) is 0 Å². The van der Waals surface area contributed by atoms with Gasteiger partial charge in [-0.2, -0.15) is 0 Å². The molecule has 1 saturated heterocycles. The van der Waals surface area contributed by atoms with E-state index >= 15 is 0 Å². The summed E-state index contributed by atoms with van der Waals surface area (Å²) in [5.41, 5.74) is 6.18. The van der Waals surface area contributed by atoms with E-state index in [1.807, 2.05) is 0 Å². The molecule has 17 heavy (non-hydrogen) atoms. The van der Waals surface area contributed by atoms with Crippen molar-refractivity contribution in [3.8, 4) is 0 Å². The van der Waals surface area contributed by atoms with E-state index in [0.29, 0.717) is 17.9 Å². The fraction of sp³-hybridized carbons (Fsp3) is 0.929. The highest BCUT2D eigenvalue weighted by Gasteiger charge is 2.39. The normalized spacial score (nSPS) is 38.4. The smallest absolute Gasteiger partial charge is 0.227 e. The number of rotatable bonds is 2. The Hall–Kier alpha value is -0.570. The molecule has 0 aromatic rings. The van der Waals surface area contributed by atoms with E-state index in [1.54, 1.807) is 0 Å². The van der Waals surface area contributed by atoms with Crippen molar-refractivity contribution >= 4 is 5.91 Å². The quantitative estimate of drug-likeness (QED) is 0.801. The van der Waals surface area contributed by atoms with Crippen LogP contribution in [0.2, 0.25) is 0 Å². The summed E-state index contributed by atoms with van der Waals surface area (Å²) in [4.78, 5) is 14.8. The van der Waals surface area contributed by atoms with Gasteiger partial charge >= 0.3 is 0 Å². The van der Waals surface area contributed by atoms with Gasteiger partial charge in [0.15, 0.2) is 0 Å². The lowest BCUT2D eigenvalue weighted by Crippen LogP contribution is -2.50. The average Bonchev–Trinajstić information content (AvgIpc) is 2.76. The summed E-state index contributed by atoms with van der Waals surface area (Å²) in [5.74, 6) is 0.884. The molecule has 0 aromatic carbocycles. The van der Waals surface area contributed by atoms with Crippen LogP contribution >= 0.6 is 0 Å². The van der Waals surface area contributed by atoms with Crippen molar-refractivity contribution in [2.24, 2.45) is 17.6 Å². The van der Waals surface area contributed by atoms with E-state index < -0.39 is 0 Å². The van der Waals surface area contributed by atoms with Crippen LogP contribution < -0.4 is 5.73 Å². The third-order valence-electron chi connectivity index (χ3n) is 4.69. The monoisotopic (exact) mass is 238 g/mol. The first-order valence-corrected chi connectivity index (χ1v) is 7.21. The molecule has 0 bridgehead atoms. The minimum atomic E-state index is 0.0795. The van der Waals surface area contributed by atoms with Crippen LogP contribution in [-0.4, -0.2) is 29.4 Å². The minimum absolute atomic E-state index is 0.0795. The number of likely N-dealkylation sites (tertiary alicyclic amines) is 1. The van der Waals surface area contributed by atoms with Crippen molar-refractivity contribution in [1.29, 1.82) is 0 Å². The lowest BCUT2D eigenvalue weighted by atomic mass is 9.76. The van der Waals surface area contributed by atoms with E-state index in [9.17, 15) is 4.79 Å². The van der Waals surface area contributed by atoms with Crippen molar-refractivity contribution in [1.82, 2.24) is 4.90 Å². The maximum Gasteiger partial charge on any atom is 0.227 e. The number of hydrogen-bond acceptors (Lipinski definition) is 2. The second-order valence-electron chi connectivity index (χ2n) is 5.83. The molecular weight excluding hydrogens is 212 g/mol. The molecule has 1 amide bonds. The van der Waals surface area contributed by atoms with Crippen LogP contribution in [0.4, 0.5) is 0 Å². The molecule has 0 radical (unpaired) electrons. The molecule has 2 aliphatic rings. The predicted octanol–water partition coefficient (Wildman–Crippen LogP) is 2.15. The number of nitrogens with two attached hydrogens (primary N) is 1. The number of carbonyl (C=O) groups excluding carboxylic acids is 1. The molecule has 2 rings (SSSR count). The zero-order valence-electron chi connectivity index (χ0n) is 11.2. The first-order valence-electron chi connectivity index (χ1n) is 7.21. The molecule has 3 heteroatoms. The standard InChI is InChI=1S/C14H26N2O/c1-3-11-7-5-9-16(11)14(17)13-10(2)6-4-8-12(13)15/h10-13H,3-9,15H2,1-2H3. The number of amides is 1. The van der Waals surface area contributed by atoms with Crippen molar-refractivity contribution in [3.05, 3.63) is 0 Å². The van der Waals surface area contributed by atoms with Gasteiger partial charge in [0, 0.05) is 18.6 Å². The van der Waals surface area contributed by atoms with Crippen LogP contribution in [0, 0.1) is 11.8 Å². The van der Waals surface area contributed by atoms with Gasteiger partial charge in [0.05, 0.1) is 5.92 Å². The number of hydrogen-bond donors (Lipinski definition) is 1. The number of carbonyl (C=O) groups is 1. The second-order valence-corrected chi connectivity index (χ2v) is 5.83. The third kappa shape index (κ3) is 2.49. The highest BCUT2D eigenvalue weighted by atomic mass is 16.2. The van der Waals surface area contributed by atoms with Gasteiger partial charge in [-0.05, 0) is 38.0 Å². The molecule has 4 unspecified atom stereocenters. The Labute approximate surface area is 105 Å². The maximum absolute atomic E-state index is 12.6. The Morgan fingerprint density at radius 2 is 2.06 bits per heavy atom. The summed E-state index contributed by atoms with van der Waals surface area (Å²) in [7, 11) is 0. The summed E-state index contributed by atoms with van der Waals surface area (Å²) in [6.45, 7) is 5.33. The van der Waals surface area contributed by atoms with Crippen LogP contribution in [0.5, 0.6) is 0 Å². The Morgan fingerprint density at radius 3 is 2.71 bits per heavy atom. The van der Waals surface area contributed by atoms with Gasteiger partial charge in [-0.3, -0.25) is 4.79 Å². The lowest BCUT2D eigenvalue weighted by molar-refractivity contribution is -0.139. The van der Waals surface area contributed by atoms with Crippen LogP contribution in [0.15, 0.2) is 0 Å². The van der Waals surface area contributed by atoms with Crippen molar-refractivity contribution in [3.63, 3.8) is 0 Å². The van der Waals surface area contributed by atoms with Crippen molar-refractivity contribution < 1.29 is 4.79 Å². The lowest BCUT2D eigenvalue weighted by Gasteiger charge is -2.37. The first-order chi connectivity index (χ1) is 8.15. The fourth-order valence-corrected chi connectivity index (χ4v) is 3.62. The van der Waals surface area contributed by atoms with Crippen LogP contribution in [0.25, 0.3) is 0 Å². The molecule has 3 nitrogen and oxygen atoms in total. The maximum atomic E-state index is 12.6. The molecule has 1 saturated carbocycles. The van der Waals surface area contributed by atoms with E-state index in [1.165, 1.54) is 19.3 Å². The van der Waals surface area contributed by atoms with Crippen LogP contribution in [0.1, 0.15) is 52.4 Å². The molecule has 0 aromatic heterocycles. The second kappa shape index (κ2) is 5.38. The molecule has 0 spiro atoms. The topological polar surface area (TPSA) is 46.3 Å². The Bertz CT molecular complexity index is 269. The van der Waals surface area contributed by atoms with Gasteiger partial charge in [0.1, 0.15) is 0 Å². The largest absolute Gasteiger partial charge is 0.339 e. The molecule has 2 N–H and O–H groups in total. The SMILES string of the molecule is CCC1CCCN1C(=O)C1C(C)CCCC1N. The molecule has 2 fully saturated rings. The molecular formula is C14H26N2O. The van der Waals surface area contributed by atoms with Gasteiger partial charge < -0.3 is 10.6 Å². The zero-order valence-corrected chi connectivity index (χ0v) is 11.2. The Morgan fingerprint density at radius 1 is 1.29 bits per heavy atom. The van der Waals surface area contributed by atoms with E-state index in [4.69, 9.17) is 5.73 Å². The van der Waals surface area contributed by atoms with Crippen LogP contribution in [-0.2, 0) is 4.79 Å². The van der Waals surface area contributed by atoms with Crippen molar-refractivity contribution in [2.45, 2.75) is 64.5 Å². The Balaban J connectivity index is 2.07. The molecule has 1 aliphatic heterocycles. The van der Waals surface area contributed by atoms with E-state index in [0.717, 1.165) is 25.8 Å². The van der Waals surface area contributed by atoms with Gasteiger partial charge in [-0.15, -0.1) is 0 Å². The summed E-state index contributed by atoms with van der Waals surface area (Å²) in [6.07, 6.45) is 6.80. The minimum Gasteiger partial charge on any atom is -0.339 e. The highest BCUT2D eigenvalue weighted by Crippen LogP contribution is 2.32. The van der Waals surface area contributed by atoms with E-state index in [2.05, 4.69) is 18.7 Å². The number of nitrogens with zero attached hydrogens (tertiary/aromatic N) is 1. The highest BCUT2D eigenvalue weighted by molar-refractivity contribution is 5.80. The molecule has 4 atom stereocenters. The molecule has 1 aliphatic carbocycles. The molecule has 98 valence electrons. The summed E-state index contributed by atoms with van der Waals surface area (Å²) < 4.78 is 0.